The van der Waals surface area contributed by atoms with E-state index >= 15 is 0 Å². The summed E-state index contributed by atoms with van der Waals surface area (Å²) < 4.78 is 27.8. The van der Waals surface area contributed by atoms with Gasteiger partial charge in [-0.3, -0.25) is 0 Å². The Morgan fingerprint density at radius 2 is 1.46 bits per heavy atom. The fourth-order valence-corrected chi connectivity index (χ4v) is 3.06. The van der Waals surface area contributed by atoms with Crippen molar-refractivity contribution in [2.45, 2.75) is 6.92 Å². The number of hydrogen-bond acceptors (Lipinski definition) is 7. The standard InChI is InChI=1S/C19H19F2N7/c1-13-12-16(25-17-14(20)4-2-5-15(17)21)26-19(24-13)28-10-8-27(9-11-28)18-22-6-3-7-23-18/h2-7,12H,8-11H2,1H3,(H,24,25,26). The number of para-hydroxylation sites is 1. The summed E-state index contributed by atoms with van der Waals surface area (Å²) in [7, 11) is 0. The first-order valence-corrected chi connectivity index (χ1v) is 8.94. The molecule has 2 aromatic heterocycles. The number of nitrogens with one attached hydrogen (secondary N) is 1. The highest BCUT2D eigenvalue weighted by atomic mass is 19.1. The number of rotatable bonds is 4. The van der Waals surface area contributed by atoms with Crippen molar-refractivity contribution in [1.29, 1.82) is 0 Å². The number of anilines is 4. The molecule has 1 N–H and O–H groups in total. The molecule has 0 bridgehead atoms. The van der Waals surface area contributed by atoms with Gasteiger partial charge in [-0.1, -0.05) is 6.07 Å². The predicted molar refractivity (Wildman–Crippen MR) is 103 cm³/mol. The Hall–Kier alpha value is -3.36. The van der Waals surface area contributed by atoms with Gasteiger partial charge in [0.15, 0.2) is 0 Å². The molecule has 9 heteroatoms. The van der Waals surface area contributed by atoms with Gasteiger partial charge in [0.05, 0.1) is 0 Å². The van der Waals surface area contributed by atoms with Crippen LogP contribution in [0, 0.1) is 18.6 Å². The largest absolute Gasteiger partial charge is 0.337 e. The molecule has 3 heterocycles. The summed E-state index contributed by atoms with van der Waals surface area (Å²) >= 11 is 0. The van der Waals surface area contributed by atoms with E-state index in [1.807, 2.05) is 11.8 Å². The summed E-state index contributed by atoms with van der Waals surface area (Å²) in [5, 5.41) is 2.74. The van der Waals surface area contributed by atoms with E-state index in [4.69, 9.17) is 0 Å². The first kappa shape index (κ1) is 18.0. The SMILES string of the molecule is Cc1cc(Nc2c(F)cccc2F)nc(N2CCN(c3ncccn3)CC2)n1. The lowest BCUT2D eigenvalue weighted by molar-refractivity contribution is 0.590. The maximum atomic E-state index is 13.9. The van der Waals surface area contributed by atoms with Crippen molar-refractivity contribution in [3.63, 3.8) is 0 Å². The van der Waals surface area contributed by atoms with E-state index in [-0.39, 0.29) is 5.69 Å². The van der Waals surface area contributed by atoms with E-state index in [0.29, 0.717) is 36.5 Å². The summed E-state index contributed by atoms with van der Waals surface area (Å²) in [6.45, 7) is 4.66. The first-order valence-electron chi connectivity index (χ1n) is 8.94. The highest BCUT2D eigenvalue weighted by molar-refractivity contribution is 5.59. The van der Waals surface area contributed by atoms with Gasteiger partial charge in [-0.2, -0.15) is 4.98 Å². The zero-order chi connectivity index (χ0) is 19.5. The number of aromatic nitrogens is 4. The van der Waals surface area contributed by atoms with Crippen LogP contribution in [0.5, 0.6) is 0 Å². The molecule has 4 rings (SSSR count). The molecule has 1 aromatic carbocycles. The molecule has 0 atom stereocenters. The van der Waals surface area contributed by atoms with Gasteiger partial charge in [-0.05, 0) is 25.1 Å². The van der Waals surface area contributed by atoms with Crippen LogP contribution in [0.1, 0.15) is 5.69 Å². The minimum atomic E-state index is -0.672. The number of nitrogens with zero attached hydrogens (tertiary/aromatic N) is 6. The molecule has 0 radical (unpaired) electrons. The monoisotopic (exact) mass is 383 g/mol. The lowest BCUT2D eigenvalue weighted by atomic mass is 10.3. The summed E-state index contributed by atoms with van der Waals surface area (Å²) in [6, 6.07) is 7.16. The normalized spacial score (nSPS) is 14.2. The molecule has 1 fully saturated rings. The number of benzene rings is 1. The van der Waals surface area contributed by atoms with E-state index in [2.05, 4.69) is 30.2 Å². The van der Waals surface area contributed by atoms with Crippen molar-refractivity contribution < 1.29 is 8.78 Å². The van der Waals surface area contributed by atoms with E-state index in [0.717, 1.165) is 13.1 Å². The minimum absolute atomic E-state index is 0.224. The Morgan fingerprint density at radius 3 is 2.11 bits per heavy atom. The lowest BCUT2D eigenvalue weighted by Crippen LogP contribution is -2.47. The van der Waals surface area contributed by atoms with E-state index < -0.39 is 11.6 Å². The van der Waals surface area contributed by atoms with Crippen molar-refractivity contribution in [2.24, 2.45) is 0 Å². The van der Waals surface area contributed by atoms with Crippen LogP contribution in [0.3, 0.4) is 0 Å². The van der Waals surface area contributed by atoms with Gasteiger partial charge in [0, 0.05) is 50.3 Å². The van der Waals surface area contributed by atoms with Gasteiger partial charge in [0.25, 0.3) is 0 Å². The molecular weight excluding hydrogens is 364 g/mol. The van der Waals surface area contributed by atoms with Gasteiger partial charge in [0.1, 0.15) is 23.1 Å². The number of piperazine rings is 1. The molecule has 28 heavy (non-hydrogen) atoms. The van der Waals surface area contributed by atoms with Crippen molar-refractivity contribution >= 4 is 23.4 Å². The molecule has 1 aliphatic rings. The van der Waals surface area contributed by atoms with Crippen molar-refractivity contribution in [3.05, 3.63) is 60.1 Å². The summed E-state index contributed by atoms with van der Waals surface area (Å²) in [5.41, 5.74) is 0.482. The molecule has 144 valence electrons. The minimum Gasteiger partial charge on any atom is -0.337 e. The molecule has 0 amide bonds. The third kappa shape index (κ3) is 3.83. The Bertz CT molecular complexity index is 940. The van der Waals surface area contributed by atoms with Gasteiger partial charge in [-0.15, -0.1) is 0 Å². The highest BCUT2D eigenvalue weighted by Crippen LogP contribution is 2.24. The quantitative estimate of drug-likeness (QED) is 0.743. The second kappa shape index (κ2) is 7.71. The van der Waals surface area contributed by atoms with Gasteiger partial charge in [0.2, 0.25) is 11.9 Å². The number of hydrogen-bond donors (Lipinski definition) is 1. The van der Waals surface area contributed by atoms with Crippen LogP contribution < -0.4 is 15.1 Å². The van der Waals surface area contributed by atoms with Gasteiger partial charge >= 0.3 is 0 Å². The molecular formula is C19H19F2N7. The Balaban J connectivity index is 1.50. The zero-order valence-electron chi connectivity index (χ0n) is 15.3. The highest BCUT2D eigenvalue weighted by Gasteiger charge is 2.21. The Labute approximate surface area is 161 Å². The predicted octanol–water partition coefficient (Wildman–Crippen LogP) is 2.92. The second-order valence-electron chi connectivity index (χ2n) is 6.44. The van der Waals surface area contributed by atoms with Crippen LogP contribution in [0.15, 0.2) is 42.7 Å². The molecule has 3 aromatic rings. The topological polar surface area (TPSA) is 70.1 Å². The van der Waals surface area contributed by atoms with Gasteiger partial charge in [-0.25, -0.2) is 23.7 Å². The number of halogens is 2. The fourth-order valence-electron chi connectivity index (χ4n) is 3.06. The van der Waals surface area contributed by atoms with Crippen LogP contribution in [-0.2, 0) is 0 Å². The maximum absolute atomic E-state index is 13.9. The van der Waals surface area contributed by atoms with Crippen molar-refractivity contribution in [2.75, 3.05) is 41.3 Å². The van der Waals surface area contributed by atoms with Crippen LogP contribution in [0.4, 0.5) is 32.2 Å². The van der Waals surface area contributed by atoms with Crippen LogP contribution in [-0.4, -0.2) is 46.1 Å². The van der Waals surface area contributed by atoms with Crippen molar-refractivity contribution in [3.8, 4) is 0 Å². The smallest absolute Gasteiger partial charge is 0.227 e. The molecule has 0 aliphatic carbocycles. The molecule has 0 spiro atoms. The lowest BCUT2D eigenvalue weighted by Gasteiger charge is -2.34. The van der Waals surface area contributed by atoms with Crippen molar-refractivity contribution in [1.82, 2.24) is 19.9 Å². The Morgan fingerprint density at radius 1 is 0.857 bits per heavy atom. The van der Waals surface area contributed by atoms with E-state index in [1.165, 1.54) is 18.2 Å². The molecule has 0 saturated carbocycles. The van der Waals surface area contributed by atoms with E-state index in [1.54, 1.807) is 24.5 Å². The number of aryl methyl sites for hydroxylation is 1. The van der Waals surface area contributed by atoms with Crippen LogP contribution >= 0.6 is 0 Å². The third-order valence-electron chi connectivity index (χ3n) is 4.46. The van der Waals surface area contributed by atoms with E-state index in [9.17, 15) is 8.78 Å². The molecule has 7 nitrogen and oxygen atoms in total. The fraction of sp³-hybridized carbons (Fsp3) is 0.263. The summed E-state index contributed by atoms with van der Waals surface area (Å²) in [4.78, 5) is 21.6. The molecule has 1 aliphatic heterocycles. The first-order chi connectivity index (χ1) is 13.6. The average Bonchev–Trinajstić information content (AvgIpc) is 2.71. The average molecular weight is 383 g/mol. The van der Waals surface area contributed by atoms with Crippen LogP contribution in [0.2, 0.25) is 0 Å². The second-order valence-corrected chi connectivity index (χ2v) is 6.44. The zero-order valence-corrected chi connectivity index (χ0v) is 15.3. The molecule has 1 saturated heterocycles. The van der Waals surface area contributed by atoms with Gasteiger partial charge < -0.3 is 15.1 Å². The molecule has 0 unspecified atom stereocenters. The Kier molecular flexibility index (Phi) is 4.96. The summed E-state index contributed by atoms with van der Waals surface area (Å²) in [5.74, 6) is 0.224. The van der Waals surface area contributed by atoms with Crippen LogP contribution in [0.25, 0.3) is 0 Å². The third-order valence-corrected chi connectivity index (χ3v) is 4.46. The summed E-state index contributed by atoms with van der Waals surface area (Å²) in [6.07, 6.45) is 3.44. The maximum Gasteiger partial charge on any atom is 0.227 e.